The van der Waals surface area contributed by atoms with Gasteiger partial charge in [0.25, 0.3) is 11.6 Å². The molecule has 3 N–H and O–H groups in total. The molecule has 418 valence electrons. The number of benzene rings is 4. The van der Waals surface area contributed by atoms with Crippen molar-refractivity contribution in [1.29, 1.82) is 0 Å². The number of amides is 2. The Morgan fingerprint density at radius 1 is 0.886 bits per heavy atom. The smallest absolute Gasteiger partial charge is 0.416 e. The molecule has 16 nitrogen and oxygen atoms in total. The van der Waals surface area contributed by atoms with E-state index in [1.165, 1.54) is 9.42 Å². The molecule has 6 aromatic rings. The average molecular weight is 1290 g/mol. The Bertz CT molecular complexity index is 3250. The quantitative estimate of drug-likeness (QED) is 0.0206. The van der Waals surface area contributed by atoms with Crippen LogP contribution in [-0.4, -0.2) is 67.5 Å². The maximum absolute atomic E-state index is 15.0. The minimum absolute atomic E-state index is 0.000166. The summed E-state index contributed by atoms with van der Waals surface area (Å²) < 4.78 is 49.9. The molecular weight excluding hydrogens is 1220 g/mol. The van der Waals surface area contributed by atoms with E-state index in [4.69, 9.17) is 34.7 Å². The van der Waals surface area contributed by atoms with Gasteiger partial charge in [-0.3, -0.25) is 14.6 Å². The largest absolute Gasteiger partial charge is 0.491 e. The molecule has 7 rings (SSSR count). The first-order chi connectivity index (χ1) is 37.5. The van der Waals surface area contributed by atoms with Gasteiger partial charge in [-0.25, -0.2) is 23.9 Å². The zero-order chi connectivity index (χ0) is 57.3. The van der Waals surface area contributed by atoms with Gasteiger partial charge in [-0.1, -0.05) is 98.2 Å². The second kappa shape index (κ2) is 26.2. The number of H-pyrrole nitrogens is 1. The lowest BCUT2D eigenvalue weighted by molar-refractivity contribution is -0.0922. The predicted octanol–water partition coefficient (Wildman–Crippen LogP) is 15.7. The molecule has 0 saturated heterocycles. The van der Waals surface area contributed by atoms with Gasteiger partial charge in [0.05, 0.1) is 28.9 Å². The summed E-state index contributed by atoms with van der Waals surface area (Å²) in [4.78, 5) is 53.2. The van der Waals surface area contributed by atoms with E-state index in [9.17, 15) is 18.6 Å². The summed E-state index contributed by atoms with van der Waals surface area (Å²) in [5, 5.41) is 6.21. The summed E-state index contributed by atoms with van der Waals surface area (Å²) in [6.07, 6.45) is 5.11. The van der Waals surface area contributed by atoms with E-state index in [1.807, 2.05) is 6.92 Å². The monoisotopic (exact) mass is 1290 g/mol. The summed E-state index contributed by atoms with van der Waals surface area (Å²) in [5.41, 5.74) is 1.49. The molecule has 1 saturated carbocycles. The summed E-state index contributed by atoms with van der Waals surface area (Å²) in [6, 6.07) is 22.6. The maximum atomic E-state index is 15.0. The molecule has 3 unspecified atom stereocenters. The number of esters is 1. The van der Waals surface area contributed by atoms with E-state index >= 15 is 0 Å². The van der Waals surface area contributed by atoms with Gasteiger partial charge in [-0.2, -0.15) is 4.21 Å². The number of aromatic amines is 1. The van der Waals surface area contributed by atoms with E-state index in [1.54, 1.807) is 91.0 Å². The fourth-order valence-electron chi connectivity index (χ4n) is 9.52. The van der Waals surface area contributed by atoms with Crippen molar-refractivity contribution in [2.24, 2.45) is 28.6 Å². The van der Waals surface area contributed by atoms with Crippen molar-refractivity contribution in [3.8, 4) is 34.5 Å². The van der Waals surface area contributed by atoms with Crippen molar-refractivity contribution >= 4 is 99.7 Å². The maximum Gasteiger partial charge on any atom is 0.416 e. The van der Waals surface area contributed by atoms with Crippen molar-refractivity contribution in [1.82, 2.24) is 19.5 Å². The highest BCUT2D eigenvalue weighted by molar-refractivity contribution is 9.13. The lowest BCUT2D eigenvalue weighted by Crippen LogP contribution is -2.49. The second-order valence-corrected chi connectivity index (χ2v) is 25.0. The number of nitrogens with zero attached hydrogens (tertiary/aromatic N) is 4. The zero-order valence-electron chi connectivity index (χ0n) is 45.5. The Morgan fingerprint density at radius 2 is 1.54 bits per heavy atom. The minimum Gasteiger partial charge on any atom is -0.491 e. The first-order valence-electron chi connectivity index (χ1n) is 25.9. The molecule has 0 radical (unpaired) electrons. The number of carbonyl (C=O) groups is 3. The van der Waals surface area contributed by atoms with Crippen LogP contribution in [0.5, 0.6) is 23.1 Å². The summed E-state index contributed by atoms with van der Waals surface area (Å²) in [5.74, 6) is 0.187. The molecule has 20 heteroatoms. The standard InChI is InChI=1S/C59H66Br3N7O9S/c1-12-15-28-74-47-25-22-37(31-45(47)64-54(70)39-18-16-17-19-46(39)75-34-36-20-23-38(24-21-36)67-79(73)78-48-33-43(61)42(60)32-44(48)62)52-65-53-49(50(63-11)55(69(53)66-52)77-57(72)68(26-13-2)27-14-3)56(71)76-51-40(58(5,6)7)29-35(4)30-41(51)59(8,9)10/h13-14,16-25,31-33,35,40-41,51,67H,2-3,12,15,26-30,34H2,1,4-10H3,(H,64,70)(H,65,66). The van der Waals surface area contributed by atoms with E-state index in [0.717, 1.165) is 40.2 Å². The van der Waals surface area contributed by atoms with Crippen LogP contribution in [0.3, 0.4) is 0 Å². The number of halogens is 3. The van der Waals surface area contributed by atoms with Gasteiger partial charge < -0.3 is 33.3 Å². The summed E-state index contributed by atoms with van der Waals surface area (Å²) in [6.45, 7) is 33.9. The van der Waals surface area contributed by atoms with Crippen molar-refractivity contribution in [2.45, 2.75) is 93.8 Å². The van der Waals surface area contributed by atoms with Gasteiger partial charge in [0.2, 0.25) is 5.88 Å². The van der Waals surface area contributed by atoms with E-state index in [0.29, 0.717) is 51.2 Å². The van der Waals surface area contributed by atoms with Gasteiger partial charge in [0.1, 0.15) is 29.8 Å². The average Bonchev–Trinajstić information content (AvgIpc) is 4.21. The molecule has 0 spiro atoms. The topological polar surface area (TPSA) is 179 Å². The van der Waals surface area contributed by atoms with E-state index in [-0.39, 0.29) is 76.5 Å². The Kier molecular flexibility index (Phi) is 20.0. The number of fused-ring (bicyclic) bond motifs is 1. The number of ether oxygens (including phenoxy) is 4. The molecule has 4 aromatic carbocycles. The number of para-hydroxylation sites is 1. The van der Waals surface area contributed by atoms with Crippen molar-refractivity contribution in [2.75, 3.05) is 29.7 Å². The van der Waals surface area contributed by atoms with Crippen LogP contribution in [0.25, 0.3) is 21.9 Å². The number of unbranched alkanes of at least 4 members (excludes halogenated alkanes) is 1. The van der Waals surface area contributed by atoms with Crippen molar-refractivity contribution < 1.29 is 41.7 Å². The molecular formula is C59H66Br3N7O9S. The number of rotatable bonds is 21. The third kappa shape index (κ3) is 14.7. The highest BCUT2D eigenvalue weighted by Gasteiger charge is 2.48. The number of nitrogens with one attached hydrogen (secondary N) is 3. The summed E-state index contributed by atoms with van der Waals surface area (Å²) in [7, 11) is 0. The molecule has 1 fully saturated rings. The van der Waals surface area contributed by atoms with E-state index in [2.05, 4.69) is 129 Å². The van der Waals surface area contributed by atoms with Gasteiger partial charge in [0, 0.05) is 45.1 Å². The number of hydrogen-bond acceptors (Lipinski definition) is 10. The number of anilines is 2. The lowest BCUT2D eigenvalue weighted by Gasteiger charge is -2.50. The van der Waals surface area contributed by atoms with Crippen LogP contribution in [0, 0.1) is 35.2 Å². The molecule has 0 aliphatic heterocycles. The van der Waals surface area contributed by atoms with Crippen LogP contribution in [0.2, 0.25) is 0 Å². The molecule has 1 aliphatic rings. The highest BCUT2D eigenvalue weighted by atomic mass is 79.9. The van der Waals surface area contributed by atoms with Gasteiger partial charge in [-0.05, 0) is 144 Å². The van der Waals surface area contributed by atoms with Crippen LogP contribution >= 0.6 is 47.8 Å². The molecule has 3 atom stereocenters. The number of hydrogen-bond donors (Lipinski definition) is 3. The second-order valence-electron chi connectivity index (χ2n) is 21.6. The third-order valence-electron chi connectivity index (χ3n) is 13.6. The molecule has 0 bridgehead atoms. The van der Waals surface area contributed by atoms with Crippen LogP contribution < -0.4 is 28.4 Å². The van der Waals surface area contributed by atoms with Gasteiger partial charge in [0.15, 0.2) is 17.2 Å². The molecule has 2 heterocycles. The normalized spacial score (nSPS) is 16.7. The molecule has 79 heavy (non-hydrogen) atoms. The Labute approximate surface area is 490 Å². The van der Waals surface area contributed by atoms with Crippen LogP contribution in [0.1, 0.15) is 107 Å². The van der Waals surface area contributed by atoms with Crippen LogP contribution in [0.15, 0.2) is 118 Å². The van der Waals surface area contributed by atoms with E-state index < -0.39 is 35.3 Å². The SMILES string of the molecule is [C-]#[N+]c1c(C(=O)OC2C(C(C)(C)C)CC(C)CC2C(C)(C)C)c2nc(-c3ccc(OCCCC)c(NC(=O)c4ccccc4OCc4ccc(NS(=O)Oc5cc(Br)c(Br)cc5Br)cc4)c3)[nH]n2c1OC(=O)N(CC=C)CC=C. The first-order valence-corrected chi connectivity index (χ1v) is 29.3. The molecule has 2 amide bonds. The zero-order valence-corrected chi connectivity index (χ0v) is 51.1. The van der Waals surface area contributed by atoms with Crippen LogP contribution in [0.4, 0.5) is 21.9 Å². The fraction of sp³-hybridized carbons (Fsp3) is 0.373. The fourth-order valence-corrected chi connectivity index (χ4v) is 11.7. The van der Waals surface area contributed by atoms with Crippen molar-refractivity contribution in [3.63, 3.8) is 0 Å². The summed E-state index contributed by atoms with van der Waals surface area (Å²) >= 11 is 8.39. The first kappa shape index (κ1) is 60.2. The predicted molar refractivity (Wildman–Crippen MR) is 320 cm³/mol. The minimum atomic E-state index is -1.91. The highest BCUT2D eigenvalue weighted by Crippen LogP contribution is 2.51. The Balaban J connectivity index is 1.19. The molecule has 1 aliphatic carbocycles. The van der Waals surface area contributed by atoms with Crippen molar-refractivity contribution in [3.05, 3.63) is 146 Å². The molecule has 2 aromatic heterocycles. The number of aromatic nitrogens is 3. The Hall–Kier alpha value is -6.40. The third-order valence-corrected chi connectivity index (χ3v) is 16.8. The van der Waals surface area contributed by atoms with Gasteiger partial charge in [-0.15, -0.1) is 13.2 Å². The van der Waals surface area contributed by atoms with Gasteiger partial charge >= 0.3 is 23.3 Å². The van der Waals surface area contributed by atoms with Crippen LogP contribution in [-0.2, 0) is 22.6 Å². The Morgan fingerprint density at radius 3 is 2.18 bits per heavy atom. The lowest BCUT2D eigenvalue weighted by atomic mass is 9.59. The number of carbonyl (C=O) groups excluding carboxylic acids is 3.